The van der Waals surface area contributed by atoms with Crippen LogP contribution in [0.1, 0.15) is 44.2 Å². The molecule has 2 nitrogen and oxygen atoms in total. The van der Waals surface area contributed by atoms with Crippen molar-refractivity contribution in [1.29, 1.82) is 0 Å². The van der Waals surface area contributed by atoms with Crippen molar-refractivity contribution < 1.29 is 4.79 Å². The standard InChI is InChI=1S/C17H22BNO/c18-14-6-8-15(19-11-14)7-5-13-10-16(20)9-12-3-1-2-4-17(12)13/h5-8,11-13,17H,1-4,9-10,18H2/b7-5+/t12-,13+,17+/m0/s1. The Bertz CT molecular complexity index is 508. The molecule has 2 aliphatic rings. The summed E-state index contributed by atoms with van der Waals surface area (Å²) in [5, 5.41) is 0. The average molecular weight is 267 g/mol. The average Bonchev–Trinajstić information content (AvgIpc) is 2.46. The molecule has 3 heteroatoms. The van der Waals surface area contributed by atoms with E-state index in [1.54, 1.807) is 0 Å². The summed E-state index contributed by atoms with van der Waals surface area (Å²) in [5.41, 5.74) is 2.18. The van der Waals surface area contributed by atoms with E-state index in [1.165, 1.54) is 31.1 Å². The summed E-state index contributed by atoms with van der Waals surface area (Å²) in [6.07, 6.45) is 13.0. The third-order valence-corrected chi connectivity index (χ3v) is 4.92. The molecule has 2 aliphatic carbocycles. The van der Waals surface area contributed by atoms with Gasteiger partial charge in [0.05, 0.1) is 5.69 Å². The number of allylic oxidation sites excluding steroid dienone is 1. The van der Waals surface area contributed by atoms with Gasteiger partial charge in [-0.1, -0.05) is 30.4 Å². The number of carbonyl (C=O) groups is 1. The highest BCUT2D eigenvalue weighted by molar-refractivity contribution is 6.32. The SMILES string of the molecule is Bc1ccc(/C=C/[C@@H]2CC(=O)C[C@@H]3CCCC[C@H]32)nc1. The third kappa shape index (κ3) is 3.03. The van der Waals surface area contributed by atoms with Crippen LogP contribution in [0.2, 0.25) is 0 Å². The van der Waals surface area contributed by atoms with Crippen LogP contribution >= 0.6 is 0 Å². The van der Waals surface area contributed by atoms with Crippen LogP contribution in [-0.2, 0) is 4.79 Å². The van der Waals surface area contributed by atoms with E-state index in [-0.39, 0.29) is 0 Å². The zero-order chi connectivity index (χ0) is 13.9. The highest BCUT2D eigenvalue weighted by Gasteiger charge is 2.36. The van der Waals surface area contributed by atoms with Gasteiger partial charge in [0.1, 0.15) is 13.6 Å². The molecule has 2 fully saturated rings. The number of pyridine rings is 1. The minimum absolute atomic E-state index is 0.435. The molecule has 0 aliphatic heterocycles. The van der Waals surface area contributed by atoms with Gasteiger partial charge in [0.15, 0.2) is 0 Å². The van der Waals surface area contributed by atoms with Crippen LogP contribution in [0.15, 0.2) is 24.4 Å². The number of aromatic nitrogens is 1. The Morgan fingerprint density at radius 1 is 1.20 bits per heavy atom. The Hall–Kier alpha value is -1.38. The maximum Gasteiger partial charge on any atom is 0.141 e. The van der Waals surface area contributed by atoms with Gasteiger partial charge >= 0.3 is 0 Å². The molecule has 0 amide bonds. The van der Waals surface area contributed by atoms with Crippen LogP contribution in [0.25, 0.3) is 6.08 Å². The van der Waals surface area contributed by atoms with Crippen LogP contribution in [-0.4, -0.2) is 18.6 Å². The number of fused-ring (bicyclic) bond motifs is 1. The molecule has 0 bridgehead atoms. The zero-order valence-electron chi connectivity index (χ0n) is 12.2. The number of Topliss-reactive ketones (excluding diaryl/α,β-unsaturated/α-hetero) is 1. The first-order valence-electron chi connectivity index (χ1n) is 7.85. The minimum Gasteiger partial charge on any atom is -0.300 e. The summed E-state index contributed by atoms with van der Waals surface area (Å²) in [4.78, 5) is 16.3. The summed E-state index contributed by atoms with van der Waals surface area (Å²) in [5.74, 6) is 2.26. The molecule has 0 spiro atoms. The maximum absolute atomic E-state index is 11.9. The molecule has 2 saturated carbocycles. The predicted octanol–water partition coefficient (Wildman–Crippen LogP) is 2.14. The second-order valence-corrected chi connectivity index (χ2v) is 6.44. The van der Waals surface area contributed by atoms with Crippen LogP contribution in [0, 0.1) is 17.8 Å². The number of carbonyl (C=O) groups excluding carboxylic acids is 1. The molecule has 0 radical (unpaired) electrons. The third-order valence-electron chi connectivity index (χ3n) is 4.92. The molecule has 3 rings (SSSR count). The molecule has 0 aromatic carbocycles. The van der Waals surface area contributed by atoms with Crippen molar-refractivity contribution in [2.75, 3.05) is 0 Å². The minimum atomic E-state index is 0.435. The molecule has 0 saturated heterocycles. The second-order valence-electron chi connectivity index (χ2n) is 6.44. The van der Waals surface area contributed by atoms with E-state index >= 15 is 0 Å². The van der Waals surface area contributed by atoms with Gasteiger partial charge in [0.25, 0.3) is 0 Å². The highest BCUT2D eigenvalue weighted by Crippen LogP contribution is 2.43. The lowest BCUT2D eigenvalue weighted by molar-refractivity contribution is -0.124. The molecule has 0 N–H and O–H groups in total. The van der Waals surface area contributed by atoms with Crippen molar-refractivity contribution in [3.63, 3.8) is 0 Å². The first-order valence-corrected chi connectivity index (χ1v) is 7.85. The first kappa shape index (κ1) is 13.6. The lowest BCUT2D eigenvalue weighted by Gasteiger charge is -2.39. The molecule has 1 aromatic heterocycles. The number of hydrogen-bond donors (Lipinski definition) is 0. The van der Waals surface area contributed by atoms with E-state index in [0.29, 0.717) is 17.6 Å². The second kappa shape index (κ2) is 5.95. The molecule has 20 heavy (non-hydrogen) atoms. The summed E-state index contributed by atoms with van der Waals surface area (Å²) < 4.78 is 0. The van der Waals surface area contributed by atoms with E-state index in [2.05, 4.69) is 29.3 Å². The Kier molecular flexibility index (Phi) is 4.04. The topological polar surface area (TPSA) is 30.0 Å². The van der Waals surface area contributed by atoms with Crippen molar-refractivity contribution >= 4 is 25.2 Å². The molecule has 3 atom stereocenters. The van der Waals surface area contributed by atoms with Crippen molar-refractivity contribution in [1.82, 2.24) is 4.98 Å². The molecule has 104 valence electrons. The van der Waals surface area contributed by atoms with Crippen molar-refractivity contribution in [3.8, 4) is 0 Å². The van der Waals surface area contributed by atoms with Crippen molar-refractivity contribution in [2.24, 2.45) is 17.8 Å². The molecule has 0 unspecified atom stereocenters. The summed E-state index contributed by atoms with van der Waals surface area (Å²) in [6, 6.07) is 4.14. The fourth-order valence-corrected chi connectivity index (χ4v) is 3.85. The Balaban J connectivity index is 1.74. The maximum atomic E-state index is 11.9. The van der Waals surface area contributed by atoms with Gasteiger partial charge in [0.2, 0.25) is 0 Å². The van der Waals surface area contributed by atoms with E-state index in [0.717, 1.165) is 24.5 Å². The lowest BCUT2D eigenvalue weighted by Crippen LogP contribution is -2.34. The van der Waals surface area contributed by atoms with Gasteiger partial charge in [-0.25, -0.2) is 0 Å². The molecule has 1 heterocycles. The van der Waals surface area contributed by atoms with E-state index in [9.17, 15) is 4.79 Å². The van der Waals surface area contributed by atoms with Gasteiger partial charge in [0, 0.05) is 19.0 Å². The smallest absolute Gasteiger partial charge is 0.141 e. The summed E-state index contributed by atoms with van der Waals surface area (Å²) in [7, 11) is 2.05. The normalized spacial score (nSPS) is 30.4. The van der Waals surface area contributed by atoms with E-state index in [1.807, 2.05) is 14.0 Å². The van der Waals surface area contributed by atoms with Gasteiger partial charge in [-0.15, -0.1) is 0 Å². The predicted molar refractivity (Wildman–Crippen MR) is 84.6 cm³/mol. The largest absolute Gasteiger partial charge is 0.300 e. The number of nitrogens with zero attached hydrogens (tertiary/aromatic N) is 1. The number of ketones is 1. The fourth-order valence-electron chi connectivity index (χ4n) is 3.85. The fraction of sp³-hybridized carbons (Fsp3) is 0.529. The van der Waals surface area contributed by atoms with Gasteiger partial charge in [-0.05, 0) is 42.7 Å². The molecular formula is C17H22BNO. The van der Waals surface area contributed by atoms with E-state index in [4.69, 9.17) is 0 Å². The van der Waals surface area contributed by atoms with Gasteiger partial charge in [-0.2, -0.15) is 0 Å². The summed E-state index contributed by atoms with van der Waals surface area (Å²) in [6.45, 7) is 0. The van der Waals surface area contributed by atoms with Crippen LogP contribution in [0.3, 0.4) is 0 Å². The van der Waals surface area contributed by atoms with Crippen LogP contribution in [0.4, 0.5) is 0 Å². The quantitative estimate of drug-likeness (QED) is 0.768. The number of hydrogen-bond acceptors (Lipinski definition) is 2. The van der Waals surface area contributed by atoms with Crippen molar-refractivity contribution in [3.05, 3.63) is 30.1 Å². The summed E-state index contributed by atoms with van der Waals surface area (Å²) >= 11 is 0. The zero-order valence-corrected chi connectivity index (χ0v) is 12.2. The number of rotatable bonds is 2. The monoisotopic (exact) mass is 267 g/mol. The van der Waals surface area contributed by atoms with Crippen molar-refractivity contribution in [2.45, 2.75) is 38.5 Å². The Morgan fingerprint density at radius 2 is 2.05 bits per heavy atom. The molecule has 1 aromatic rings. The lowest BCUT2D eigenvalue weighted by atomic mass is 9.65. The first-order chi connectivity index (χ1) is 9.72. The van der Waals surface area contributed by atoms with Gasteiger partial charge < -0.3 is 0 Å². The Morgan fingerprint density at radius 3 is 2.85 bits per heavy atom. The Labute approximate surface area is 122 Å². The van der Waals surface area contributed by atoms with Crippen LogP contribution in [0.5, 0.6) is 0 Å². The molecular weight excluding hydrogens is 245 g/mol. The van der Waals surface area contributed by atoms with Gasteiger partial charge in [-0.3, -0.25) is 9.78 Å². The van der Waals surface area contributed by atoms with E-state index < -0.39 is 0 Å². The highest BCUT2D eigenvalue weighted by atomic mass is 16.1. The van der Waals surface area contributed by atoms with Crippen LogP contribution < -0.4 is 5.46 Å².